The molecule has 0 aromatic rings. The summed E-state index contributed by atoms with van der Waals surface area (Å²) < 4.78 is 23.4. The number of hydrogen-bond acceptors (Lipinski definition) is 18. The Labute approximate surface area is 276 Å². The Kier molecular flexibility index (Phi) is 12.8. The van der Waals surface area contributed by atoms with Crippen LogP contribution < -0.4 is 27.8 Å². The van der Waals surface area contributed by atoms with Crippen LogP contribution in [0.25, 0.3) is 0 Å². The Morgan fingerprint density at radius 1 is 1.02 bits per heavy atom. The van der Waals surface area contributed by atoms with Gasteiger partial charge in [-0.25, -0.2) is 4.99 Å². The van der Waals surface area contributed by atoms with Crippen LogP contribution in [0.4, 0.5) is 0 Å². The molecule has 4 aliphatic rings. The van der Waals surface area contributed by atoms with Crippen LogP contribution in [0.1, 0.15) is 26.2 Å². The van der Waals surface area contributed by atoms with E-state index in [9.17, 15) is 45.6 Å². The Hall–Kier alpha value is -1.70. The number of ketones is 1. The molecule has 48 heavy (non-hydrogen) atoms. The average molecular weight is 697 g/mol. The topological polar surface area (TPSA) is 351 Å². The number of Topliss-reactive ketones (excluding diaryl/α,β-unsaturated/α-hetero) is 1. The van der Waals surface area contributed by atoms with Crippen molar-refractivity contribution in [1.82, 2.24) is 10.6 Å². The fourth-order valence-corrected chi connectivity index (χ4v) is 6.72. The number of nitrogens with one attached hydrogen (secondary N) is 2. The lowest BCUT2D eigenvalue weighted by Crippen LogP contribution is -2.67. The number of likely N-dealkylation sites (N-methyl/N-ethyl adjacent to an activating group) is 1. The number of nitrogens with two attached hydrogens (primary N) is 3. The number of carbonyl (C=O) groups is 1. The van der Waals surface area contributed by atoms with Crippen LogP contribution in [-0.4, -0.2) is 188 Å². The highest BCUT2D eigenvalue weighted by atomic mass is 16.7. The second-order valence-electron chi connectivity index (χ2n) is 13.5. The van der Waals surface area contributed by atoms with Gasteiger partial charge in [-0.05, 0) is 26.3 Å². The van der Waals surface area contributed by atoms with E-state index in [4.69, 9.17) is 41.3 Å². The fourth-order valence-electron chi connectivity index (χ4n) is 6.72. The quantitative estimate of drug-likeness (QED) is 0.0592. The number of ether oxygens (including phenoxy) is 4. The monoisotopic (exact) mass is 696 g/mol. The summed E-state index contributed by atoms with van der Waals surface area (Å²) in [6.45, 7) is 0.469. The molecular formula is C28H52N6O14. The van der Waals surface area contributed by atoms with Crippen LogP contribution in [0.15, 0.2) is 4.99 Å². The third-order valence-corrected chi connectivity index (χ3v) is 9.59. The molecule has 4 fully saturated rings. The predicted octanol–water partition coefficient (Wildman–Crippen LogP) is -7.99. The molecule has 0 amide bonds. The maximum atomic E-state index is 13.3. The van der Waals surface area contributed by atoms with Crippen molar-refractivity contribution in [2.75, 3.05) is 33.4 Å². The molecular weight excluding hydrogens is 644 g/mol. The van der Waals surface area contributed by atoms with E-state index in [0.29, 0.717) is 0 Å². The van der Waals surface area contributed by atoms with Crippen molar-refractivity contribution in [3.63, 3.8) is 0 Å². The van der Waals surface area contributed by atoms with Crippen molar-refractivity contribution >= 4 is 11.7 Å². The van der Waals surface area contributed by atoms with E-state index in [1.165, 1.54) is 14.0 Å². The lowest BCUT2D eigenvalue weighted by atomic mass is 9.76. The minimum absolute atomic E-state index is 0.0221. The van der Waals surface area contributed by atoms with E-state index in [0.717, 1.165) is 0 Å². The van der Waals surface area contributed by atoms with Gasteiger partial charge in [-0.15, -0.1) is 0 Å². The van der Waals surface area contributed by atoms with Crippen molar-refractivity contribution < 1.29 is 69.7 Å². The van der Waals surface area contributed by atoms with E-state index in [2.05, 4.69) is 15.6 Å². The summed E-state index contributed by atoms with van der Waals surface area (Å²) in [5.41, 5.74) is 13.9. The molecule has 0 aromatic heterocycles. The molecule has 0 radical (unpaired) electrons. The molecule has 2 saturated carbocycles. The molecule has 278 valence electrons. The highest BCUT2D eigenvalue weighted by molar-refractivity contribution is 5.92. The van der Waals surface area contributed by atoms with Crippen LogP contribution in [0, 0.1) is 5.92 Å². The van der Waals surface area contributed by atoms with Gasteiger partial charge in [0.2, 0.25) is 0 Å². The Bertz CT molecular complexity index is 1120. The first kappa shape index (κ1) is 39.1. The smallest absolute Gasteiger partial charge is 0.187 e. The van der Waals surface area contributed by atoms with Gasteiger partial charge < -0.3 is 92.7 Å². The largest absolute Gasteiger partial charge is 0.394 e. The zero-order valence-electron chi connectivity index (χ0n) is 26.9. The van der Waals surface area contributed by atoms with E-state index in [1.54, 1.807) is 0 Å². The molecule has 2 saturated heterocycles. The van der Waals surface area contributed by atoms with Crippen molar-refractivity contribution in [3.8, 4) is 0 Å². The normalized spacial score (nSPS) is 46.9. The molecule has 2 aliphatic heterocycles. The highest BCUT2D eigenvalue weighted by Crippen LogP contribution is 2.43. The van der Waals surface area contributed by atoms with Gasteiger partial charge in [0.05, 0.1) is 37.5 Å². The molecule has 0 aromatic carbocycles. The number of guanidine groups is 1. The molecule has 2 heterocycles. The van der Waals surface area contributed by atoms with Gasteiger partial charge in [0.15, 0.2) is 24.3 Å². The molecule has 2 aliphatic carbocycles. The number of carbonyl (C=O) groups excluding carboxylic acids is 1. The molecule has 0 bridgehead atoms. The number of aliphatic imine (C=N–C) groups is 1. The standard InChI is InChI=1S/C28H52N6O14/c1-27(43)9-45-24(20(42)23(27)32-2)47-21-10(4-15(37)28(44)5-14(28)34-26(30)31)3-12(29)22(19(21)41)48-25-18(40)17(39)16(38)13(46-25)7-33-6-11(36)8-35/h10-14,16-25,32-33,35-36,38-44H,3-9,29H2,1-2H3,(H4,30,31,34)/t10-,11?,12-,13+,14?,16+,17-,18+,19+,20+,21-,22?,23+,24+,25+,27-,28?/m0/s1. The average Bonchev–Trinajstić information content (AvgIpc) is 3.67. The van der Waals surface area contributed by atoms with Gasteiger partial charge >= 0.3 is 0 Å². The Morgan fingerprint density at radius 3 is 2.31 bits per heavy atom. The van der Waals surface area contributed by atoms with Crippen LogP contribution >= 0.6 is 0 Å². The van der Waals surface area contributed by atoms with Crippen LogP contribution in [-0.2, 0) is 23.7 Å². The minimum Gasteiger partial charge on any atom is -0.394 e. The first-order valence-corrected chi connectivity index (χ1v) is 15.9. The molecule has 4 rings (SSSR count). The van der Waals surface area contributed by atoms with E-state index < -0.39 is 115 Å². The van der Waals surface area contributed by atoms with E-state index in [1.807, 2.05) is 0 Å². The summed E-state index contributed by atoms with van der Waals surface area (Å²) in [5.74, 6) is -1.82. The summed E-state index contributed by atoms with van der Waals surface area (Å²) in [6, 6.07) is -2.79. The Balaban J connectivity index is 1.54. The molecule has 20 heteroatoms. The number of nitrogens with zero attached hydrogens (tertiary/aromatic N) is 1. The second-order valence-corrected chi connectivity index (χ2v) is 13.5. The zero-order valence-corrected chi connectivity index (χ0v) is 26.9. The van der Waals surface area contributed by atoms with Crippen molar-refractivity contribution in [3.05, 3.63) is 0 Å². The molecule has 17 atom stereocenters. The van der Waals surface area contributed by atoms with Gasteiger partial charge in [-0.3, -0.25) is 4.79 Å². The Morgan fingerprint density at radius 2 is 1.69 bits per heavy atom. The first-order chi connectivity index (χ1) is 22.4. The SMILES string of the molecule is CN[C@@H]1[C@@H](O)[C@@H](O[C@H]2[C@H](CC(=O)C3(O)CC3N=C(N)N)C[C@H](N)C(O[C@H]3O[C@H](CNCC(O)CO)[C@@H](O)[C@H](O)[C@H]3O)[C@@H]2O)OC[C@]1(C)O. The minimum atomic E-state index is -1.85. The van der Waals surface area contributed by atoms with Crippen molar-refractivity contribution in [2.24, 2.45) is 28.1 Å². The third-order valence-electron chi connectivity index (χ3n) is 9.59. The summed E-state index contributed by atoms with van der Waals surface area (Å²) >= 11 is 0. The lowest BCUT2D eigenvalue weighted by molar-refractivity contribution is -0.333. The van der Waals surface area contributed by atoms with Gasteiger partial charge in [-0.2, -0.15) is 0 Å². The fraction of sp³-hybridized carbons (Fsp3) is 0.929. The van der Waals surface area contributed by atoms with Crippen LogP contribution in [0.2, 0.25) is 0 Å². The van der Waals surface area contributed by atoms with Gasteiger partial charge in [0, 0.05) is 32.0 Å². The lowest BCUT2D eigenvalue weighted by Gasteiger charge is -2.49. The van der Waals surface area contributed by atoms with Crippen LogP contribution in [0.5, 0.6) is 0 Å². The summed E-state index contributed by atoms with van der Waals surface area (Å²) in [4.78, 5) is 17.2. The predicted molar refractivity (Wildman–Crippen MR) is 162 cm³/mol. The third kappa shape index (κ3) is 8.42. The molecule has 17 N–H and O–H groups in total. The van der Waals surface area contributed by atoms with E-state index >= 15 is 0 Å². The zero-order chi connectivity index (χ0) is 35.7. The van der Waals surface area contributed by atoms with Gasteiger partial charge in [0.25, 0.3) is 0 Å². The molecule has 0 spiro atoms. The van der Waals surface area contributed by atoms with Crippen LogP contribution in [0.3, 0.4) is 0 Å². The summed E-state index contributed by atoms with van der Waals surface area (Å²) in [5, 5.41) is 100. The van der Waals surface area contributed by atoms with Crippen molar-refractivity contribution in [2.45, 2.75) is 123 Å². The number of hydrogen-bond donors (Lipinski definition) is 14. The van der Waals surface area contributed by atoms with E-state index in [-0.39, 0.29) is 44.9 Å². The maximum absolute atomic E-state index is 13.3. The summed E-state index contributed by atoms with van der Waals surface area (Å²) in [7, 11) is 1.52. The number of aliphatic hydroxyl groups excluding tert-OH is 7. The number of aliphatic hydroxyl groups is 9. The maximum Gasteiger partial charge on any atom is 0.187 e. The number of rotatable bonds is 14. The summed E-state index contributed by atoms with van der Waals surface area (Å²) in [6.07, 6.45) is -16.7. The van der Waals surface area contributed by atoms with Gasteiger partial charge in [-0.1, -0.05) is 0 Å². The van der Waals surface area contributed by atoms with Crippen molar-refractivity contribution in [1.29, 1.82) is 0 Å². The molecule has 4 unspecified atom stereocenters. The first-order valence-electron chi connectivity index (χ1n) is 15.9. The molecule has 20 nitrogen and oxygen atoms in total. The second kappa shape index (κ2) is 15.7. The highest BCUT2D eigenvalue weighted by Gasteiger charge is 2.60. The van der Waals surface area contributed by atoms with Gasteiger partial charge in [0.1, 0.15) is 53.9 Å².